The molecule has 0 spiro atoms. The summed E-state index contributed by atoms with van der Waals surface area (Å²) in [5.41, 5.74) is 2.28. The molecule has 1 rings (SSSR count). The van der Waals surface area contributed by atoms with Crippen LogP contribution in [0.4, 0.5) is 0 Å². The predicted octanol–water partition coefficient (Wildman–Crippen LogP) is 2.80. The molecule has 0 saturated carbocycles. The van der Waals surface area contributed by atoms with Gasteiger partial charge < -0.3 is 0 Å². The average molecular weight is 179 g/mol. The summed E-state index contributed by atoms with van der Waals surface area (Å²) in [6, 6.07) is 3.33. The van der Waals surface area contributed by atoms with Crippen molar-refractivity contribution in [2.24, 2.45) is 0 Å². The minimum Gasteiger partial charge on any atom is -0.281 e. The number of aromatic amines is 1. The van der Waals surface area contributed by atoms with Gasteiger partial charge in [-0.3, -0.25) is 5.10 Å². The molecule has 1 aromatic heterocycles. The van der Waals surface area contributed by atoms with E-state index in [1.807, 2.05) is 0 Å². The van der Waals surface area contributed by atoms with Crippen molar-refractivity contribution in [2.45, 2.75) is 52.4 Å². The van der Waals surface area contributed by atoms with Crippen LogP contribution in [0.1, 0.15) is 52.9 Å². The van der Waals surface area contributed by atoms with Crippen LogP contribution in [0.2, 0.25) is 0 Å². The number of hydrogen-bond donors (Lipinski definition) is 1. The van der Waals surface area contributed by atoms with Crippen molar-refractivity contribution in [1.82, 2.24) is 10.2 Å². The first-order valence-corrected chi connectivity index (χ1v) is 4.70. The van der Waals surface area contributed by atoms with E-state index in [4.69, 9.17) is 0 Å². The minimum atomic E-state index is 0.0833. The van der Waals surface area contributed by atoms with Crippen molar-refractivity contribution >= 4 is 0 Å². The predicted molar refractivity (Wildman–Crippen MR) is 54.8 cm³/mol. The van der Waals surface area contributed by atoms with Crippen LogP contribution in [0.5, 0.6) is 0 Å². The van der Waals surface area contributed by atoms with Gasteiger partial charge in [0.1, 0.15) is 0 Å². The second-order valence-electron chi connectivity index (χ2n) is 5.57. The van der Waals surface area contributed by atoms with Gasteiger partial charge in [0.05, 0.1) is 5.69 Å². The van der Waals surface area contributed by atoms with Crippen LogP contribution in [-0.4, -0.2) is 10.2 Å². The molecule has 0 atom stereocenters. The molecule has 1 N–H and O–H groups in total. The zero-order valence-corrected chi connectivity index (χ0v) is 9.45. The van der Waals surface area contributed by atoms with E-state index in [0.717, 1.165) is 11.4 Å². The maximum absolute atomic E-state index is 4.27. The molecule has 1 heterocycles. The molecule has 0 aromatic carbocycles. The lowest BCUT2D eigenvalue weighted by molar-refractivity contribution is 0.563. The van der Waals surface area contributed by atoms with Gasteiger partial charge in [-0.2, -0.15) is 5.10 Å². The van der Waals surface area contributed by atoms with Gasteiger partial charge in [-0.25, -0.2) is 0 Å². The average Bonchev–Trinajstić information content (AvgIpc) is 2.28. The zero-order valence-electron chi connectivity index (χ0n) is 9.45. The standard InChI is InChI=1S/C11H19N2/c1-10(2,3)8-7-9(13-12-8)11(4,5)6/h1-6H3,(H,12,13). The van der Waals surface area contributed by atoms with E-state index in [1.165, 1.54) is 0 Å². The molecule has 1 aromatic rings. The largest absolute Gasteiger partial charge is 0.281 e. The van der Waals surface area contributed by atoms with Gasteiger partial charge in [0.25, 0.3) is 0 Å². The number of nitrogens with zero attached hydrogens (tertiary/aromatic N) is 1. The first-order valence-electron chi connectivity index (χ1n) is 4.70. The molecule has 0 bridgehead atoms. The van der Waals surface area contributed by atoms with Crippen molar-refractivity contribution < 1.29 is 0 Å². The summed E-state index contributed by atoms with van der Waals surface area (Å²) in [6.45, 7) is 12.9. The summed E-state index contributed by atoms with van der Waals surface area (Å²) in [7, 11) is 0. The topological polar surface area (TPSA) is 28.7 Å². The molecule has 1 radical (unpaired) electrons. The lowest BCUT2D eigenvalue weighted by Gasteiger charge is -2.15. The number of H-pyrrole nitrogens is 1. The monoisotopic (exact) mass is 179 g/mol. The van der Waals surface area contributed by atoms with Gasteiger partial charge in [0.15, 0.2) is 0 Å². The summed E-state index contributed by atoms with van der Waals surface area (Å²) in [6.07, 6.45) is 0. The van der Waals surface area contributed by atoms with Crippen LogP contribution in [0.15, 0.2) is 0 Å². The number of hydrogen-bond acceptors (Lipinski definition) is 1. The van der Waals surface area contributed by atoms with Gasteiger partial charge >= 0.3 is 0 Å². The first-order chi connectivity index (χ1) is 5.71. The van der Waals surface area contributed by atoms with Crippen molar-refractivity contribution in [2.75, 3.05) is 0 Å². The lowest BCUT2D eigenvalue weighted by atomic mass is 9.88. The van der Waals surface area contributed by atoms with Gasteiger partial charge in [0, 0.05) is 22.6 Å². The van der Waals surface area contributed by atoms with Crippen LogP contribution in [0, 0.1) is 6.07 Å². The summed E-state index contributed by atoms with van der Waals surface area (Å²) in [5.74, 6) is 0. The van der Waals surface area contributed by atoms with E-state index in [2.05, 4.69) is 57.8 Å². The first kappa shape index (κ1) is 10.3. The van der Waals surface area contributed by atoms with Crippen LogP contribution in [-0.2, 0) is 10.8 Å². The van der Waals surface area contributed by atoms with Gasteiger partial charge in [-0.1, -0.05) is 41.5 Å². The van der Waals surface area contributed by atoms with Crippen LogP contribution in [0.25, 0.3) is 0 Å². The maximum Gasteiger partial charge on any atom is 0.0758 e. The molecule has 0 aliphatic heterocycles. The smallest absolute Gasteiger partial charge is 0.0758 e. The third-order valence-corrected chi connectivity index (χ3v) is 1.98. The Morgan fingerprint density at radius 2 is 1.54 bits per heavy atom. The van der Waals surface area contributed by atoms with E-state index >= 15 is 0 Å². The summed E-state index contributed by atoms with van der Waals surface area (Å²) < 4.78 is 0. The fourth-order valence-electron chi connectivity index (χ4n) is 0.997. The molecular weight excluding hydrogens is 160 g/mol. The van der Waals surface area contributed by atoms with E-state index in [1.54, 1.807) is 0 Å². The molecule has 0 aliphatic rings. The van der Waals surface area contributed by atoms with Crippen molar-refractivity contribution in [1.29, 1.82) is 0 Å². The Morgan fingerprint density at radius 3 is 1.77 bits per heavy atom. The second-order valence-corrected chi connectivity index (χ2v) is 5.57. The van der Waals surface area contributed by atoms with E-state index in [9.17, 15) is 0 Å². The summed E-state index contributed by atoms with van der Waals surface area (Å²) >= 11 is 0. The SMILES string of the molecule is CC(C)(C)c1[c]c(C(C)(C)C)[nH]n1. The molecule has 0 saturated heterocycles. The Kier molecular flexibility index (Phi) is 2.27. The highest BCUT2D eigenvalue weighted by atomic mass is 15.1. The van der Waals surface area contributed by atoms with Crippen LogP contribution in [0.3, 0.4) is 0 Å². The van der Waals surface area contributed by atoms with Crippen LogP contribution >= 0.6 is 0 Å². The Balaban J connectivity index is 3.01. The highest BCUT2D eigenvalue weighted by molar-refractivity contribution is 5.19. The molecule has 0 amide bonds. The van der Waals surface area contributed by atoms with Crippen molar-refractivity contribution in [3.63, 3.8) is 0 Å². The number of aromatic nitrogens is 2. The Labute approximate surface area is 80.7 Å². The molecular formula is C11H19N2. The molecule has 2 heteroatoms. The van der Waals surface area contributed by atoms with Crippen LogP contribution < -0.4 is 0 Å². The Hall–Kier alpha value is -0.790. The summed E-state index contributed by atoms with van der Waals surface area (Å²) in [5, 5.41) is 7.32. The van der Waals surface area contributed by atoms with Crippen molar-refractivity contribution in [3.05, 3.63) is 17.5 Å². The number of rotatable bonds is 0. The summed E-state index contributed by atoms with van der Waals surface area (Å²) in [4.78, 5) is 0. The second kappa shape index (κ2) is 2.86. The lowest BCUT2D eigenvalue weighted by Crippen LogP contribution is -2.13. The molecule has 73 valence electrons. The van der Waals surface area contributed by atoms with Gasteiger partial charge in [0.2, 0.25) is 0 Å². The third-order valence-electron chi connectivity index (χ3n) is 1.98. The maximum atomic E-state index is 4.27. The van der Waals surface area contributed by atoms with E-state index in [0.29, 0.717) is 0 Å². The normalized spacial score (nSPS) is 13.4. The number of nitrogens with one attached hydrogen (secondary N) is 1. The van der Waals surface area contributed by atoms with Gasteiger partial charge in [-0.05, 0) is 0 Å². The molecule has 0 aliphatic carbocycles. The molecule has 0 unspecified atom stereocenters. The Morgan fingerprint density at radius 1 is 1.00 bits per heavy atom. The van der Waals surface area contributed by atoms with E-state index < -0.39 is 0 Å². The highest BCUT2D eigenvalue weighted by Gasteiger charge is 2.22. The molecule has 13 heavy (non-hydrogen) atoms. The molecule has 0 fully saturated rings. The van der Waals surface area contributed by atoms with Gasteiger partial charge in [-0.15, -0.1) is 0 Å². The fraction of sp³-hybridized carbons (Fsp3) is 0.727. The quantitative estimate of drug-likeness (QED) is 0.652. The zero-order chi connectivity index (χ0) is 10.3. The van der Waals surface area contributed by atoms with Crippen molar-refractivity contribution in [3.8, 4) is 0 Å². The minimum absolute atomic E-state index is 0.0833. The molecule has 2 nitrogen and oxygen atoms in total. The Bertz CT molecular complexity index is 255. The van der Waals surface area contributed by atoms with E-state index in [-0.39, 0.29) is 10.8 Å². The highest BCUT2D eigenvalue weighted by Crippen LogP contribution is 2.25. The third kappa shape index (κ3) is 2.33. The fourth-order valence-corrected chi connectivity index (χ4v) is 0.997.